The van der Waals surface area contributed by atoms with E-state index in [9.17, 15) is 4.79 Å². The highest BCUT2D eigenvalue weighted by molar-refractivity contribution is 5.89. The molecule has 0 N–H and O–H groups in total. The van der Waals surface area contributed by atoms with E-state index in [1.54, 1.807) is 0 Å². The van der Waals surface area contributed by atoms with Crippen molar-refractivity contribution in [3.05, 3.63) is 35.4 Å². The molecule has 0 aromatic heterocycles. The summed E-state index contributed by atoms with van der Waals surface area (Å²) in [5.74, 6) is -0.725. The van der Waals surface area contributed by atoms with Crippen LogP contribution in [0.2, 0.25) is 0 Å². The number of esters is 1. The van der Waals surface area contributed by atoms with Gasteiger partial charge in [-0.2, -0.15) is 0 Å². The Bertz CT molecular complexity index is 524. The molecule has 0 amide bonds. The first-order chi connectivity index (χ1) is 10.5. The molecule has 0 spiro atoms. The smallest absolute Gasteiger partial charge is 0.338 e. The molecule has 3 rings (SSSR count). The molecule has 0 radical (unpaired) electrons. The standard InChI is InChI=1S/C17H23NO4/c1-4-20-16(19)13-7-5-12(6-8-13)9-18-10-14-15(11-18)22-17(2,3)21-14/h5-8,14-15H,4,9-11H2,1-3H3/t14-,15+. The van der Waals surface area contributed by atoms with Crippen molar-refractivity contribution in [3.8, 4) is 0 Å². The van der Waals surface area contributed by atoms with Gasteiger partial charge >= 0.3 is 5.97 Å². The molecule has 0 aliphatic carbocycles. The lowest BCUT2D eigenvalue weighted by Crippen LogP contribution is -2.29. The van der Waals surface area contributed by atoms with Crippen molar-refractivity contribution in [2.45, 2.75) is 45.3 Å². The number of likely N-dealkylation sites (tertiary alicyclic amines) is 1. The Morgan fingerprint density at radius 3 is 2.36 bits per heavy atom. The van der Waals surface area contributed by atoms with Crippen molar-refractivity contribution >= 4 is 5.97 Å². The van der Waals surface area contributed by atoms with Crippen LogP contribution in [0.3, 0.4) is 0 Å². The number of hydrogen-bond donors (Lipinski definition) is 0. The minimum Gasteiger partial charge on any atom is -0.462 e. The molecular formula is C17H23NO4. The van der Waals surface area contributed by atoms with E-state index in [0.29, 0.717) is 12.2 Å². The fourth-order valence-corrected chi connectivity index (χ4v) is 3.15. The third kappa shape index (κ3) is 3.32. The molecule has 0 saturated carbocycles. The molecule has 0 bridgehead atoms. The maximum atomic E-state index is 11.6. The van der Waals surface area contributed by atoms with Crippen LogP contribution in [0.25, 0.3) is 0 Å². The minimum atomic E-state index is -0.456. The second-order valence-corrected chi connectivity index (χ2v) is 6.32. The predicted octanol–water partition coefficient (Wildman–Crippen LogP) is 2.20. The molecule has 1 aromatic rings. The Kier molecular flexibility index (Phi) is 4.21. The van der Waals surface area contributed by atoms with Crippen LogP contribution < -0.4 is 0 Å². The first-order valence-electron chi connectivity index (χ1n) is 7.81. The fourth-order valence-electron chi connectivity index (χ4n) is 3.15. The van der Waals surface area contributed by atoms with Crippen LogP contribution in [0.1, 0.15) is 36.7 Å². The van der Waals surface area contributed by atoms with Crippen LogP contribution in [0.15, 0.2) is 24.3 Å². The lowest BCUT2D eigenvalue weighted by Gasteiger charge is -2.22. The van der Waals surface area contributed by atoms with Gasteiger partial charge in [0.2, 0.25) is 0 Å². The highest BCUT2D eigenvalue weighted by Crippen LogP contribution is 2.33. The Morgan fingerprint density at radius 2 is 1.82 bits per heavy atom. The van der Waals surface area contributed by atoms with Gasteiger partial charge in [0.05, 0.1) is 12.2 Å². The summed E-state index contributed by atoms with van der Waals surface area (Å²) in [6.07, 6.45) is 0.322. The van der Waals surface area contributed by atoms with Gasteiger partial charge < -0.3 is 14.2 Å². The van der Waals surface area contributed by atoms with Crippen molar-refractivity contribution in [2.75, 3.05) is 19.7 Å². The molecule has 120 valence electrons. The summed E-state index contributed by atoms with van der Waals surface area (Å²) in [5, 5.41) is 0. The Morgan fingerprint density at radius 1 is 1.23 bits per heavy atom. The number of benzene rings is 1. The van der Waals surface area contributed by atoms with Gasteiger partial charge in [-0.15, -0.1) is 0 Å². The second kappa shape index (κ2) is 5.99. The highest BCUT2D eigenvalue weighted by Gasteiger charge is 2.46. The topological polar surface area (TPSA) is 48.0 Å². The van der Waals surface area contributed by atoms with E-state index in [4.69, 9.17) is 14.2 Å². The van der Waals surface area contributed by atoms with Crippen LogP contribution in [0, 0.1) is 0 Å². The van der Waals surface area contributed by atoms with Crippen LogP contribution in [-0.4, -0.2) is 48.6 Å². The third-order valence-corrected chi connectivity index (χ3v) is 4.03. The molecule has 0 unspecified atom stereocenters. The van der Waals surface area contributed by atoms with Crippen LogP contribution in [-0.2, 0) is 20.8 Å². The first-order valence-corrected chi connectivity index (χ1v) is 7.81. The average Bonchev–Trinajstić information content (AvgIpc) is 2.92. The number of fused-ring (bicyclic) bond motifs is 1. The van der Waals surface area contributed by atoms with E-state index in [0.717, 1.165) is 19.6 Å². The maximum Gasteiger partial charge on any atom is 0.338 e. The Labute approximate surface area is 131 Å². The quantitative estimate of drug-likeness (QED) is 0.798. The molecule has 2 aliphatic heterocycles. The zero-order chi connectivity index (χ0) is 15.7. The molecule has 5 nitrogen and oxygen atoms in total. The second-order valence-electron chi connectivity index (χ2n) is 6.32. The SMILES string of the molecule is CCOC(=O)c1ccc(CN2C[C@@H]3OC(C)(C)O[C@@H]3C2)cc1. The summed E-state index contributed by atoms with van der Waals surface area (Å²) in [6, 6.07) is 7.60. The number of rotatable bonds is 4. The Hall–Kier alpha value is -1.43. The monoisotopic (exact) mass is 305 g/mol. The summed E-state index contributed by atoms with van der Waals surface area (Å²) >= 11 is 0. The summed E-state index contributed by atoms with van der Waals surface area (Å²) in [7, 11) is 0. The van der Waals surface area contributed by atoms with Gasteiger partial charge in [0.15, 0.2) is 5.79 Å². The van der Waals surface area contributed by atoms with Crippen LogP contribution in [0.4, 0.5) is 0 Å². The lowest BCUT2D eigenvalue weighted by molar-refractivity contribution is -0.155. The molecular weight excluding hydrogens is 282 g/mol. The van der Waals surface area contributed by atoms with E-state index in [2.05, 4.69) is 4.90 Å². The number of carbonyl (C=O) groups is 1. The van der Waals surface area contributed by atoms with Crippen molar-refractivity contribution in [2.24, 2.45) is 0 Å². The predicted molar refractivity (Wildman–Crippen MR) is 81.5 cm³/mol. The van der Waals surface area contributed by atoms with Gasteiger partial charge in [0.25, 0.3) is 0 Å². The van der Waals surface area contributed by atoms with E-state index in [-0.39, 0.29) is 18.2 Å². The number of carbonyl (C=O) groups excluding carboxylic acids is 1. The average molecular weight is 305 g/mol. The van der Waals surface area contributed by atoms with Gasteiger partial charge in [-0.3, -0.25) is 4.90 Å². The summed E-state index contributed by atoms with van der Waals surface area (Å²) in [4.78, 5) is 14.0. The fraction of sp³-hybridized carbons (Fsp3) is 0.588. The zero-order valence-corrected chi connectivity index (χ0v) is 13.4. The number of ether oxygens (including phenoxy) is 3. The van der Waals surface area contributed by atoms with Gasteiger partial charge in [-0.05, 0) is 38.5 Å². The summed E-state index contributed by atoms with van der Waals surface area (Å²) in [6.45, 7) is 8.73. The molecule has 2 fully saturated rings. The minimum absolute atomic E-state index is 0.161. The van der Waals surface area contributed by atoms with Crippen molar-refractivity contribution in [3.63, 3.8) is 0 Å². The largest absolute Gasteiger partial charge is 0.462 e. The normalized spacial score (nSPS) is 26.9. The van der Waals surface area contributed by atoms with Gasteiger partial charge in [-0.25, -0.2) is 4.79 Å². The van der Waals surface area contributed by atoms with Crippen LogP contribution in [0.5, 0.6) is 0 Å². The van der Waals surface area contributed by atoms with Crippen molar-refractivity contribution in [1.29, 1.82) is 0 Å². The van der Waals surface area contributed by atoms with Crippen LogP contribution >= 0.6 is 0 Å². The third-order valence-electron chi connectivity index (χ3n) is 4.03. The molecule has 2 atom stereocenters. The van der Waals surface area contributed by atoms with E-state index in [1.807, 2.05) is 45.0 Å². The molecule has 2 heterocycles. The Balaban J connectivity index is 1.56. The lowest BCUT2D eigenvalue weighted by atomic mass is 10.1. The van der Waals surface area contributed by atoms with E-state index >= 15 is 0 Å². The van der Waals surface area contributed by atoms with E-state index in [1.165, 1.54) is 5.56 Å². The number of nitrogens with zero attached hydrogens (tertiary/aromatic N) is 1. The molecule has 22 heavy (non-hydrogen) atoms. The number of hydrogen-bond acceptors (Lipinski definition) is 5. The van der Waals surface area contributed by atoms with Gasteiger partial charge in [0.1, 0.15) is 12.2 Å². The van der Waals surface area contributed by atoms with Crippen molar-refractivity contribution in [1.82, 2.24) is 4.90 Å². The summed E-state index contributed by atoms with van der Waals surface area (Å²) in [5.41, 5.74) is 1.77. The molecule has 2 saturated heterocycles. The first kappa shape index (κ1) is 15.5. The van der Waals surface area contributed by atoms with Gasteiger partial charge in [-0.1, -0.05) is 12.1 Å². The summed E-state index contributed by atoms with van der Waals surface area (Å²) < 4.78 is 16.8. The molecule has 1 aromatic carbocycles. The maximum absolute atomic E-state index is 11.6. The highest BCUT2D eigenvalue weighted by atomic mass is 16.8. The molecule has 2 aliphatic rings. The van der Waals surface area contributed by atoms with Crippen molar-refractivity contribution < 1.29 is 19.0 Å². The zero-order valence-electron chi connectivity index (χ0n) is 13.4. The van der Waals surface area contributed by atoms with Gasteiger partial charge in [0, 0.05) is 19.6 Å². The molecule has 5 heteroatoms. The van der Waals surface area contributed by atoms with E-state index < -0.39 is 5.79 Å².